The zero-order valence-electron chi connectivity index (χ0n) is 17.5. The van der Waals surface area contributed by atoms with Gasteiger partial charge in [0.1, 0.15) is 13.2 Å². The Balaban J connectivity index is 2.57. The summed E-state index contributed by atoms with van der Waals surface area (Å²) in [6, 6.07) is 0. The molecule has 30 heavy (non-hydrogen) atoms. The van der Waals surface area contributed by atoms with Crippen LogP contribution in [0.5, 0.6) is 0 Å². The molecule has 168 valence electrons. The molecule has 0 aromatic rings. The molecule has 3 unspecified atom stereocenters. The fraction of sp³-hybridized carbons (Fsp3) is 0.571. The molecule has 1 rings (SSSR count). The number of esters is 2. The van der Waals surface area contributed by atoms with Gasteiger partial charge in [-0.05, 0) is 20.3 Å². The molecule has 0 radical (unpaired) electrons. The molecule has 0 saturated carbocycles. The lowest BCUT2D eigenvalue weighted by Crippen LogP contribution is -2.35. The molecule has 1 aliphatic rings. The van der Waals surface area contributed by atoms with Crippen LogP contribution in [0.4, 0.5) is 0 Å². The Hall–Kier alpha value is -2.49. The maximum Gasteiger partial charge on any atom is 0.333 e. The van der Waals surface area contributed by atoms with Crippen molar-refractivity contribution < 1.29 is 43.2 Å². The minimum Gasteiger partial charge on any atom is -0.478 e. The predicted molar refractivity (Wildman–Crippen MR) is 107 cm³/mol. The third kappa shape index (κ3) is 9.82. The minimum atomic E-state index is -1.16. The average Bonchev–Trinajstić information content (AvgIpc) is 3.50. The number of hydrogen-bond acceptors (Lipinski definition) is 8. The van der Waals surface area contributed by atoms with Gasteiger partial charge in [0.15, 0.2) is 0 Å². The Morgan fingerprint density at radius 3 is 2.10 bits per heavy atom. The lowest BCUT2D eigenvalue weighted by Gasteiger charge is -2.27. The van der Waals surface area contributed by atoms with E-state index in [2.05, 4.69) is 19.7 Å². The van der Waals surface area contributed by atoms with Crippen LogP contribution in [0.3, 0.4) is 0 Å². The van der Waals surface area contributed by atoms with E-state index in [0.717, 1.165) is 0 Å². The van der Waals surface area contributed by atoms with E-state index >= 15 is 0 Å². The van der Waals surface area contributed by atoms with Crippen molar-refractivity contribution in [2.45, 2.75) is 32.5 Å². The zero-order chi connectivity index (χ0) is 22.7. The second-order valence-electron chi connectivity index (χ2n) is 6.94. The maximum absolute atomic E-state index is 11.7. The highest BCUT2D eigenvalue weighted by Crippen LogP contribution is 2.29. The Labute approximate surface area is 176 Å². The van der Waals surface area contributed by atoms with Crippen LogP contribution in [-0.2, 0) is 38.1 Å². The van der Waals surface area contributed by atoms with E-state index in [9.17, 15) is 19.5 Å². The molecular weight excluding hydrogens is 396 g/mol. The van der Waals surface area contributed by atoms with Crippen molar-refractivity contribution in [1.29, 1.82) is 0 Å². The predicted octanol–water partition coefficient (Wildman–Crippen LogP) is 1.67. The molecule has 3 atom stereocenters. The first-order valence-electron chi connectivity index (χ1n) is 9.51. The Morgan fingerprint density at radius 1 is 1.00 bits per heavy atom. The van der Waals surface area contributed by atoms with Crippen LogP contribution in [0.2, 0.25) is 0 Å². The number of carbonyl (C=O) groups excluding carboxylic acids is 2. The molecule has 1 fully saturated rings. The number of carbonyl (C=O) groups is 3. The van der Waals surface area contributed by atoms with Gasteiger partial charge in [-0.15, -0.1) is 0 Å². The van der Waals surface area contributed by atoms with E-state index in [1.54, 1.807) is 6.92 Å². The number of aliphatic carboxylic acids is 1. The third-order valence-corrected chi connectivity index (χ3v) is 4.19. The van der Waals surface area contributed by atoms with Crippen LogP contribution in [-0.4, -0.2) is 74.9 Å². The van der Waals surface area contributed by atoms with Gasteiger partial charge in [0.05, 0.1) is 38.6 Å². The standard InChI is InChI=1S/C21H30O9/c1-13(2)20(24)28-9-7-26-6-8-27-18(12-30-21(25)14(3)4)17(10-16-11-29-16)15(5)19(22)23/h16-18H,1,3,5-12H2,2,4H3,(H,22,23). The van der Waals surface area contributed by atoms with Gasteiger partial charge in [0.2, 0.25) is 0 Å². The molecule has 0 aromatic heterocycles. The second-order valence-corrected chi connectivity index (χ2v) is 6.94. The highest BCUT2D eigenvalue weighted by Gasteiger charge is 2.36. The van der Waals surface area contributed by atoms with E-state index in [0.29, 0.717) is 18.6 Å². The molecule has 0 bridgehead atoms. The SMILES string of the molecule is C=C(C)C(=O)OCCOCCOC(COC(=O)C(=C)C)C(CC1CO1)C(=C)C(=O)O. The Bertz CT molecular complexity index is 663. The van der Waals surface area contributed by atoms with Crippen molar-refractivity contribution in [1.82, 2.24) is 0 Å². The summed E-state index contributed by atoms with van der Waals surface area (Å²) >= 11 is 0. The van der Waals surface area contributed by atoms with Crippen LogP contribution in [0.1, 0.15) is 20.3 Å². The highest BCUT2D eigenvalue weighted by atomic mass is 16.6. The van der Waals surface area contributed by atoms with Crippen molar-refractivity contribution in [2.75, 3.05) is 39.6 Å². The molecule has 0 amide bonds. The van der Waals surface area contributed by atoms with Crippen molar-refractivity contribution in [3.8, 4) is 0 Å². The first-order chi connectivity index (χ1) is 14.1. The average molecular weight is 426 g/mol. The smallest absolute Gasteiger partial charge is 0.333 e. The fourth-order valence-electron chi connectivity index (χ4n) is 2.40. The summed E-state index contributed by atoms with van der Waals surface area (Å²) in [5, 5.41) is 9.36. The van der Waals surface area contributed by atoms with Crippen LogP contribution in [0, 0.1) is 5.92 Å². The van der Waals surface area contributed by atoms with Gasteiger partial charge in [0, 0.05) is 22.6 Å². The highest BCUT2D eigenvalue weighted by molar-refractivity contribution is 5.87. The van der Waals surface area contributed by atoms with Crippen LogP contribution >= 0.6 is 0 Å². The van der Waals surface area contributed by atoms with Crippen LogP contribution in [0.15, 0.2) is 36.5 Å². The first kappa shape index (κ1) is 25.5. The van der Waals surface area contributed by atoms with Gasteiger partial charge in [0.25, 0.3) is 0 Å². The number of ether oxygens (including phenoxy) is 5. The monoisotopic (exact) mass is 426 g/mol. The number of hydrogen-bond donors (Lipinski definition) is 1. The number of carboxylic acids is 1. The van der Waals surface area contributed by atoms with Crippen LogP contribution in [0.25, 0.3) is 0 Å². The van der Waals surface area contributed by atoms with Crippen LogP contribution < -0.4 is 0 Å². The molecule has 0 aromatic carbocycles. The van der Waals surface area contributed by atoms with Crippen molar-refractivity contribution >= 4 is 17.9 Å². The Morgan fingerprint density at radius 2 is 1.57 bits per heavy atom. The molecule has 1 N–H and O–H groups in total. The van der Waals surface area contributed by atoms with Gasteiger partial charge in [-0.1, -0.05) is 19.7 Å². The molecule has 0 aliphatic carbocycles. The van der Waals surface area contributed by atoms with Gasteiger partial charge in [-0.25, -0.2) is 14.4 Å². The lowest BCUT2D eigenvalue weighted by molar-refractivity contribution is -0.146. The van der Waals surface area contributed by atoms with Gasteiger partial charge in [-0.3, -0.25) is 0 Å². The quantitative estimate of drug-likeness (QED) is 0.170. The van der Waals surface area contributed by atoms with E-state index in [-0.39, 0.29) is 50.3 Å². The third-order valence-electron chi connectivity index (χ3n) is 4.19. The fourth-order valence-corrected chi connectivity index (χ4v) is 2.40. The molecule has 1 heterocycles. The van der Waals surface area contributed by atoms with Gasteiger partial charge >= 0.3 is 17.9 Å². The summed E-state index contributed by atoms with van der Waals surface area (Å²) in [4.78, 5) is 34.5. The first-order valence-corrected chi connectivity index (χ1v) is 9.51. The van der Waals surface area contributed by atoms with Gasteiger partial charge < -0.3 is 28.8 Å². The van der Waals surface area contributed by atoms with Crippen molar-refractivity contribution in [2.24, 2.45) is 5.92 Å². The zero-order valence-corrected chi connectivity index (χ0v) is 17.5. The van der Waals surface area contributed by atoms with Crippen molar-refractivity contribution in [3.63, 3.8) is 0 Å². The number of rotatable bonds is 16. The largest absolute Gasteiger partial charge is 0.478 e. The summed E-state index contributed by atoms with van der Waals surface area (Å²) in [6.07, 6.45) is -0.433. The topological polar surface area (TPSA) is 121 Å². The van der Waals surface area contributed by atoms with E-state index in [4.69, 9.17) is 23.7 Å². The summed E-state index contributed by atoms with van der Waals surface area (Å²) in [5.41, 5.74) is 0.477. The van der Waals surface area contributed by atoms with Crippen molar-refractivity contribution in [3.05, 3.63) is 36.5 Å². The lowest BCUT2D eigenvalue weighted by atomic mass is 9.89. The minimum absolute atomic E-state index is 0.0468. The number of carboxylic acid groups (broad SMARTS) is 1. The van der Waals surface area contributed by atoms with E-state index in [1.807, 2.05) is 0 Å². The maximum atomic E-state index is 11.7. The van der Waals surface area contributed by atoms with E-state index < -0.39 is 29.9 Å². The normalized spacial score (nSPS) is 16.8. The molecule has 1 aliphatic heterocycles. The van der Waals surface area contributed by atoms with Gasteiger partial charge in [-0.2, -0.15) is 0 Å². The molecule has 1 saturated heterocycles. The molecule has 9 heteroatoms. The summed E-state index contributed by atoms with van der Waals surface area (Å²) in [7, 11) is 0. The second kappa shape index (κ2) is 12.9. The summed E-state index contributed by atoms with van der Waals surface area (Å²) in [5.74, 6) is -2.85. The molecule has 9 nitrogen and oxygen atoms in total. The number of epoxide rings is 1. The Kier molecular flexibility index (Phi) is 11.0. The summed E-state index contributed by atoms with van der Waals surface area (Å²) < 4.78 is 26.4. The summed E-state index contributed by atoms with van der Waals surface area (Å²) in [6.45, 7) is 14.6. The molecular formula is C21H30O9. The molecule has 0 spiro atoms. The van der Waals surface area contributed by atoms with E-state index in [1.165, 1.54) is 6.92 Å².